The normalized spacial score (nSPS) is 18.9. The molecule has 1 aliphatic heterocycles. The first kappa shape index (κ1) is 16.9. The van der Waals surface area contributed by atoms with E-state index in [0.717, 1.165) is 25.0 Å². The van der Waals surface area contributed by atoms with Crippen LogP contribution in [-0.4, -0.2) is 43.6 Å². The van der Waals surface area contributed by atoms with Crippen molar-refractivity contribution in [3.8, 4) is 5.75 Å². The largest absolute Gasteiger partial charge is 0.506 e. The van der Waals surface area contributed by atoms with Gasteiger partial charge in [-0.3, -0.25) is 4.72 Å². The molecule has 122 valence electrons. The van der Waals surface area contributed by atoms with Gasteiger partial charge >= 0.3 is 5.97 Å². The topological polar surface area (TPSA) is 113 Å². The highest BCUT2D eigenvalue weighted by Crippen LogP contribution is 2.33. The first-order valence-corrected chi connectivity index (χ1v) is 8.65. The fourth-order valence-corrected chi connectivity index (χ4v) is 3.94. The Bertz CT molecular complexity index is 669. The van der Waals surface area contributed by atoms with E-state index < -0.39 is 21.7 Å². The first-order chi connectivity index (χ1) is 10.3. The number of anilines is 1. The molecule has 7 nitrogen and oxygen atoms in total. The van der Waals surface area contributed by atoms with E-state index in [1.165, 1.54) is 0 Å². The third-order valence-electron chi connectivity index (χ3n) is 3.28. The lowest BCUT2D eigenvalue weighted by Gasteiger charge is -2.22. The zero-order valence-corrected chi connectivity index (χ0v) is 13.2. The van der Waals surface area contributed by atoms with Crippen molar-refractivity contribution in [1.82, 2.24) is 0 Å². The highest BCUT2D eigenvalue weighted by molar-refractivity contribution is 7.92. The van der Waals surface area contributed by atoms with E-state index >= 15 is 0 Å². The maximum atomic E-state index is 12.2. The molecule has 1 unspecified atom stereocenters. The third-order valence-corrected chi connectivity index (χ3v) is 5.11. The number of carboxylic acid groups (broad SMARTS) is 1. The van der Waals surface area contributed by atoms with Gasteiger partial charge in [-0.25, -0.2) is 13.2 Å². The lowest BCUT2D eigenvalue weighted by atomic mass is 10.1. The van der Waals surface area contributed by atoms with Crippen LogP contribution in [0.4, 0.5) is 5.69 Å². The second kappa shape index (κ2) is 6.72. The Hall–Kier alpha value is -1.51. The molecular formula is C13H16ClNO6S. The van der Waals surface area contributed by atoms with Crippen molar-refractivity contribution in [2.45, 2.75) is 12.8 Å². The zero-order valence-electron chi connectivity index (χ0n) is 11.6. The Labute approximate surface area is 132 Å². The standard InChI is InChI=1S/C13H16ClNO6S/c14-12-10(4-9(13(17)18)5-11(12)16)15-22(19,20)7-8-2-1-3-21-6-8/h4-5,8,15-16H,1-3,6-7H2,(H,17,18). The molecule has 0 aliphatic carbocycles. The molecule has 0 spiro atoms. The molecule has 1 fully saturated rings. The van der Waals surface area contributed by atoms with Crippen LogP contribution in [0.15, 0.2) is 12.1 Å². The molecule has 0 aromatic heterocycles. The molecule has 1 aromatic carbocycles. The van der Waals surface area contributed by atoms with Crippen molar-refractivity contribution >= 4 is 33.3 Å². The number of hydrogen-bond donors (Lipinski definition) is 3. The van der Waals surface area contributed by atoms with E-state index in [9.17, 15) is 18.3 Å². The summed E-state index contributed by atoms with van der Waals surface area (Å²) in [7, 11) is -3.73. The smallest absolute Gasteiger partial charge is 0.335 e. The van der Waals surface area contributed by atoms with E-state index in [2.05, 4.69) is 4.72 Å². The number of aromatic hydroxyl groups is 1. The maximum absolute atomic E-state index is 12.2. The number of ether oxygens (including phenoxy) is 1. The van der Waals surface area contributed by atoms with Crippen LogP contribution in [-0.2, 0) is 14.8 Å². The van der Waals surface area contributed by atoms with Gasteiger partial charge in [-0.1, -0.05) is 11.6 Å². The summed E-state index contributed by atoms with van der Waals surface area (Å²) in [5.41, 5.74) is -0.420. The second-order valence-electron chi connectivity index (χ2n) is 5.13. The number of hydrogen-bond acceptors (Lipinski definition) is 5. The van der Waals surface area contributed by atoms with Gasteiger partial charge in [0.05, 0.1) is 23.6 Å². The summed E-state index contributed by atoms with van der Waals surface area (Å²) in [5.74, 6) is -2.07. The molecule has 1 aromatic rings. The van der Waals surface area contributed by atoms with Crippen LogP contribution in [0.5, 0.6) is 5.75 Å². The minimum absolute atomic E-state index is 0.124. The molecule has 1 aliphatic rings. The summed E-state index contributed by atoms with van der Waals surface area (Å²) in [5, 5.41) is 18.3. The molecule has 3 N–H and O–H groups in total. The molecule has 2 rings (SSSR count). The van der Waals surface area contributed by atoms with Crippen molar-refractivity contribution in [2.24, 2.45) is 5.92 Å². The van der Waals surface area contributed by atoms with Crippen molar-refractivity contribution in [3.63, 3.8) is 0 Å². The van der Waals surface area contributed by atoms with Crippen LogP contribution in [0, 0.1) is 5.92 Å². The number of carboxylic acids is 1. The lowest BCUT2D eigenvalue weighted by Crippen LogP contribution is -2.28. The number of halogens is 1. The summed E-state index contributed by atoms with van der Waals surface area (Å²) in [6.45, 7) is 0.999. The minimum atomic E-state index is -3.73. The van der Waals surface area contributed by atoms with Crippen LogP contribution in [0.25, 0.3) is 0 Å². The predicted octanol–water partition coefficient (Wildman–Crippen LogP) is 1.91. The second-order valence-corrected chi connectivity index (χ2v) is 7.27. The average molecular weight is 350 g/mol. The number of sulfonamides is 1. The number of carbonyl (C=O) groups is 1. The minimum Gasteiger partial charge on any atom is -0.506 e. The third kappa shape index (κ3) is 4.25. The van der Waals surface area contributed by atoms with Crippen molar-refractivity contribution < 1.29 is 28.2 Å². The quantitative estimate of drug-likeness (QED) is 0.748. The van der Waals surface area contributed by atoms with Crippen LogP contribution < -0.4 is 4.72 Å². The van der Waals surface area contributed by atoms with Gasteiger partial charge in [0.15, 0.2) is 0 Å². The van der Waals surface area contributed by atoms with Crippen LogP contribution >= 0.6 is 11.6 Å². The molecule has 22 heavy (non-hydrogen) atoms. The van der Waals surface area contributed by atoms with E-state index in [1.807, 2.05) is 0 Å². The zero-order chi connectivity index (χ0) is 16.3. The Kier molecular flexibility index (Phi) is 5.15. The number of phenolic OH excluding ortho intramolecular Hbond substituents is 1. The molecule has 1 saturated heterocycles. The Morgan fingerprint density at radius 3 is 2.77 bits per heavy atom. The van der Waals surface area contributed by atoms with Gasteiger partial charge in [0.2, 0.25) is 10.0 Å². The van der Waals surface area contributed by atoms with Gasteiger partial charge < -0.3 is 14.9 Å². The van der Waals surface area contributed by atoms with Crippen molar-refractivity contribution in [3.05, 3.63) is 22.7 Å². The maximum Gasteiger partial charge on any atom is 0.335 e. The van der Waals surface area contributed by atoms with Gasteiger partial charge in [0.25, 0.3) is 0 Å². The predicted molar refractivity (Wildman–Crippen MR) is 81.0 cm³/mol. The number of benzene rings is 1. The Morgan fingerprint density at radius 2 is 2.18 bits per heavy atom. The van der Waals surface area contributed by atoms with E-state index in [1.54, 1.807) is 0 Å². The average Bonchev–Trinajstić information content (AvgIpc) is 2.43. The molecule has 0 amide bonds. The van der Waals surface area contributed by atoms with Crippen molar-refractivity contribution in [2.75, 3.05) is 23.7 Å². The fourth-order valence-electron chi connectivity index (χ4n) is 2.27. The summed E-state index contributed by atoms with van der Waals surface area (Å²) in [6.07, 6.45) is 1.55. The van der Waals surface area contributed by atoms with Crippen molar-refractivity contribution in [1.29, 1.82) is 0 Å². The van der Waals surface area contributed by atoms with Gasteiger partial charge in [0.1, 0.15) is 10.8 Å². The summed E-state index contributed by atoms with van der Waals surface area (Å²) >= 11 is 5.82. The van der Waals surface area contributed by atoms with E-state index in [0.29, 0.717) is 13.2 Å². The number of nitrogens with one attached hydrogen (secondary N) is 1. The highest BCUT2D eigenvalue weighted by Gasteiger charge is 2.23. The molecular weight excluding hydrogens is 334 g/mol. The Morgan fingerprint density at radius 1 is 1.45 bits per heavy atom. The molecule has 9 heteroatoms. The molecule has 1 heterocycles. The number of rotatable bonds is 5. The SMILES string of the molecule is O=C(O)c1cc(O)c(Cl)c(NS(=O)(=O)CC2CCCOC2)c1. The molecule has 1 atom stereocenters. The Balaban J connectivity index is 2.19. The summed E-state index contributed by atoms with van der Waals surface area (Å²) < 4.78 is 31.8. The number of aromatic carboxylic acids is 1. The van der Waals surface area contributed by atoms with Gasteiger partial charge in [-0.05, 0) is 30.9 Å². The molecule has 0 radical (unpaired) electrons. The first-order valence-electron chi connectivity index (χ1n) is 6.62. The summed E-state index contributed by atoms with van der Waals surface area (Å²) in [4.78, 5) is 11.0. The summed E-state index contributed by atoms with van der Waals surface area (Å²) in [6, 6.07) is 2.02. The van der Waals surface area contributed by atoms with Gasteiger partial charge in [-0.15, -0.1) is 0 Å². The van der Waals surface area contributed by atoms with E-state index in [-0.39, 0.29) is 27.9 Å². The van der Waals surface area contributed by atoms with Crippen LogP contribution in [0.3, 0.4) is 0 Å². The van der Waals surface area contributed by atoms with Gasteiger partial charge in [-0.2, -0.15) is 0 Å². The number of phenols is 1. The van der Waals surface area contributed by atoms with Crippen LogP contribution in [0.1, 0.15) is 23.2 Å². The lowest BCUT2D eigenvalue weighted by molar-refractivity contribution is 0.0626. The van der Waals surface area contributed by atoms with E-state index in [4.69, 9.17) is 21.4 Å². The van der Waals surface area contributed by atoms with Crippen LogP contribution in [0.2, 0.25) is 5.02 Å². The molecule has 0 saturated carbocycles. The monoisotopic (exact) mass is 349 g/mol. The fraction of sp³-hybridized carbons (Fsp3) is 0.462. The van der Waals surface area contributed by atoms with Gasteiger partial charge in [0, 0.05) is 6.61 Å². The molecule has 0 bridgehead atoms. The highest BCUT2D eigenvalue weighted by atomic mass is 35.5.